The summed E-state index contributed by atoms with van der Waals surface area (Å²) in [6, 6.07) is 16.1. The van der Waals surface area contributed by atoms with E-state index in [9.17, 15) is 0 Å². The Morgan fingerprint density at radius 1 is 0.923 bits per heavy atom. The SMILES string of the molecule is Nc1c(N2CCCc3ccccc32)ncnc1-n1nnc2ccccc21. The number of rotatable bonds is 2. The normalized spacial score (nSPS) is 13.8. The van der Waals surface area contributed by atoms with E-state index in [2.05, 4.69) is 43.4 Å². The van der Waals surface area contributed by atoms with Gasteiger partial charge in [-0.15, -0.1) is 5.10 Å². The Morgan fingerprint density at radius 2 is 1.73 bits per heavy atom. The van der Waals surface area contributed by atoms with Crippen molar-refractivity contribution in [3.05, 3.63) is 60.4 Å². The molecule has 0 atom stereocenters. The smallest absolute Gasteiger partial charge is 0.184 e. The van der Waals surface area contributed by atoms with Crippen molar-refractivity contribution < 1.29 is 0 Å². The molecule has 128 valence electrons. The highest BCUT2D eigenvalue weighted by Gasteiger charge is 2.23. The van der Waals surface area contributed by atoms with Gasteiger partial charge in [0.25, 0.3) is 0 Å². The monoisotopic (exact) mass is 343 g/mol. The molecule has 0 spiro atoms. The van der Waals surface area contributed by atoms with Crippen LogP contribution in [0.3, 0.4) is 0 Å². The van der Waals surface area contributed by atoms with Crippen LogP contribution in [-0.2, 0) is 6.42 Å². The van der Waals surface area contributed by atoms with Crippen molar-refractivity contribution >= 4 is 28.2 Å². The first kappa shape index (κ1) is 14.8. The third-order valence-electron chi connectivity index (χ3n) is 4.76. The number of nitrogen functional groups attached to an aromatic ring is 1. The molecule has 26 heavy (non-hydrogen) atoms. The zero-order valence-corrected chi connectivity index (χ0v) is 14.1. The minimum Gasteiger partial charge on any atom is -0.393 e. The molecule has 1 aliphatic heterocycles. The largest absolute Gasteiger partial charge is 0.393 e. The average Bonchev–Trinajstić information content (AvgIpc) is 3.12. The van der Waals surface area contributed by atoms with Crippen molar-refractivity contribution in [2.75, 3.05) is 17.2 Å². The van der Waals surface area contributed by atoms with Crippen LogP contribution in [0.5, 0.6) is 0 Å². The van der Waals surface area contributed by atoms with Gasteiger partial charge < -0.3 is 10.6 Å². The zero-order chi connectivity index (χ0) is 17.5. The molecule has 3 heterocycles. The predicted molar refractivity (Wildman–Crippen MR) is 101 cm³/mol. The molecule has 4 aromatic rings. The Kier molecular flexibility index (Phi) is 3.31. The number of fused-ring (bicyclic) bond motifs is 2. The average molecular weight is 343 g/mol. The van der Waals surface area contributed by atoms with Crippen molar-refractivity contribution in [3.8, 4) is 5.82 Å². The summed E-state index contributed by atoms with van der Waals surface area (Å²) >= 11 is 0. The van der Waals surface area contributed by atoms with Crippen LogP contribution in [0.1, 0.15) is 12.0 Å². The van der Waals surface area contributed by atoms with Gasteiger partial charge in [-0.2, -0.15) is 4.68 Å². The lowest BCUT2D eigenvalue weighted by Gasteiger charge is -2.31. The van der Waals surface area contributed by atoms with E-state index in [0.717, 1.165) is 36.1 Å². The highest BCUT2D eigenvalue weighted by molar-refractivity contribution is 5.81. The van der Waals surface area contributed by atoms with Crippen LogP contribution in [0.2, 0.25) is 0 Å². The summed E-state index contributed by atoms with van der Waals surface area (Å²) in [5.74, 6) is 1.26. The topological polar surface area (TPSA) is 85.8 Å². The molecule has 0 saturated heterocycles. The molecule has 0 amide bonds. The number of para-hydroxylation sites is 2. The van der Waals surface area contributed by atoms with E-state index in [0.29, 0.717) is 17.3 Å². The molecule has 7 heteroatoms. The molecule has 0 aliphatic carbocycles. The summed E-state index contributed by atoms with van der Waals surface area (Å²) in [6.07, 6.45) is 3.66. The number of hydrogen-bond donors (Lipinski definition) is 1. The summed E-state index contributed by atoms with van der Waals surface area (Å²) in [5, 5.41) is 8.43. The molecule has 5 rings (SSSR count). The summed E-state index contributed by atoms with van der Waals surface area (Å²) in [4.78, 5) is 11.0. The second-order valence-corrected chi connectivity index (χ2v) is 6.31. The van der Waals surface area contributed by atoms with Crippen LogP contribution in [0.15, 0.2) is 54.9 Å². The van der Waals surface area contributed by atoms with Crippen LogP contribution >= 0.6 is 0 Å². The van der Waals surface area contributed by atoms with Gasteiger partial charge in [0.2, 0.25) is 0 Å². The first-order valence-corrected chi connectivity index (χ1v) is 8.59. The van der Waals surface area contributed by atoms with Gasteiger partial charge in [-0.05, 0) is 36.6 Å². The standard InChI is InChI=1S/C19H17N7/c20-17-18(25-11-5-7-13-6-1-3-9-15(13)25)21-12-22-19(17)26-16-10-4-2-8-14(16)23-24-26/h1-4,6,8-10,12H,5,7,11,20H2. The summed E-state index contributed by atoms with van der Waals surface area (Å²) < 4.78 is 1.67. The first-order valence-electron chi connectivity index (χ1n) is 8.59. The molecular weight excluding hydrogens is 326 g/mol. The van der Waals surface area contributed by atoms with E-state index < -0.39 is 0 Å². The molecule has 1 aliphatic rings. The van der Waals surface area contributed by atoms with Crippen LogP contribution in [-0.4, -0.2) is 31.5 Å². The minimum absolute atomic E-state index is 0.500. The van der Waals surface area contributed by atoms with E-state index in [1.807, 2.05) is 30.3 Å². The van der Waals surface area contributed by atoms with E-state index in [4.69, 9.17) is 5.73 Å². The maximum absolute atomic E-state index is 6.50. The fraction of sp³-hybridized carbons (Fsp3) is 0.158. The maximum atomic E-state index is 6.50. The molecular formula is C19H17N7. The number of anilines is 3. The molecule has 0 unspecified atom stereocenters. The van der Waals surface area contributed by atoms with Crippen LogP contribution < -0.4 is 10.6 Å². The minimum atomic E-state index is 0.500. The van der Waals surface area contributed by atoms with Gasteiger partial charge in [-0.25, -0.2) is 9.97 Å². The zero-order valence-electron chi connectivity index (χ0n) is 14.1. The summed E-state index contributed by atoms with van der Waals surface area (Å²) in [6.45, 7) is 0.871. The molecule has 7 nitrogen and oxygen atoms in total. The molecule has 2 aromatic carbocycles. The fourth-order valence-corrected chi connectivity index (χ4v) is 3.54. The van der Waals surface area contributed by atoms with Gasteiger partial charge in [0, 0.05) is 12.2 Å². The lowest BCUT2D eigenvalue weighted by Crippen LogP contribution is -2.26. The fourth-order valence-electron chi connectivity index (χ4n) is 3.54. The highest BCUT2D eigenvalue weighted by atomic mass is 15.4. The van der Waals surface area contributed by atoms with Crippen molar-refractivity contribution in [3.63, 3.8) is 0 Å². The lowest BCUT2D eigenvalue weighted by molar-refractivity contribution is 0.754. The predicted octanol–water partition coefficient (Wildman–Crippen LogP) is 2.88. The first-order chi connectivity index (χ1) is 12.8. The molecule has 0 fully saturated rings. The Hall–Kier alpha value is -3.48. The Balaban J connectivity index is 1.66. The number of nitrogens with zero attached hydrogens (tertiary/aromatic N) is 6. The van der Waals surface area contributed by atoms with Gasteiger partial charge in [-0.1, -0.05) is 35.5 Å². The molecule has 2 aromatic heterocycles. The van der Waals surface area contributed by atoms with Crippen molar-refractivity contribution in [1.29, 1.82) is 0 Å². The number of aryl methyl sites for hydroxylation is 1. The number of nitrogens with two attached hydrogens (primary N) is 1. The van der Waals surface area contributed by atoms with Crippen LogP contribution in [0.25, 0.3) is 16.9 Å². The summed E-state index contributed by atoms with van der Waals surface area (Å²) in [5.41, 5.74) is 11.1. The van der Waals surface area contributed by atoms with E-state index >= 15 is 0 Å². The summed E-state index contributed by atoms with van der Waals surface area (Å²) in [7, 11) is 0. The van der Waals surface area contributed by atoms with E-state index in [-0.39, 0.29) is 0 Å². The van der Waals surface area contributed by atoms with Gasteiger partial charge in [0.05, 0.1) is 5.52 Å². The Bertz CT molecular complexity index is 1100. The van der Waals surface area contributed by atoms with Crippen molar-refractivity contribution in [1.82, 2.24) is 25.0 Å². The van der Waals surface area contributed by atoms with E-state index in [1.165, 1.54) is 11.9 Å². The van der Waals surface area contributed by atoms with Crippen molar-refractivity contribution in [2.24, 2.45) is 0 Å². The Labute approximate surface area is 150 Å². The van der Waals surface area contributed by atoms with Gasteiger partial charge in [0.15, 0.2) is 11.6 Å². The number of benzene rings is 2. The lowest BCUT2D eigenvalue weighted by atomic mass is 10.0. The van der Waals surface area contributed by atoms with Gasteiger partial charge >= 0.3 is 0 Å². The molecule has 2 N–H and O–H groups in total. The van der Waals surface area contributed by atoms with Crippen LogP contribution in [0.4, 0.5) is 17.2 Å². The van der Waals surface area contributed by atoms with Crippen LogP contribution in [0, 0.1) is 0 Å². The second kappa shape index (κ2) is 5.80. The quantitative estimate of drug-likeness (QED) is 0.602. The van der Waals surface area contributed by atoms with Crippen molar-refractivity contribution in [2.45, 2.75) is 12.8 Å². The van der Waals surface area contributed by atoms with Gasteiger partial charge in [-0.3, -0.25) is 0 Å². The molecule has 0 bridgehead atoms. The molecule has 0 radical (unpaired) electrons. The molecule has 0 saturated carbocycles. The Morgan fingerprint density at radius 3 is 2.69 bits per heavy atom. The number of aromatic nitrogens is 5. The maximum Gasteiger partial charge on any atom is 0.184 e. The van der Waals surface area contributed by atoms with Gasteiger partial charge in [0.1, 0.15) is 17.5 Å². The van der Waals surface area contributed by atoms with E-state index in [1.54, 1.807) is 4.68 Å². The second-order valence-electron chi connectivity index (χ2n) is 6.31. The third kappa shape index (κ3) is 2.21. The highest BCUT2D eigenvalue weighted by Crippen LogP contribution is 2.36. The number of hydrogen-bond acceptors (Lipinski definition) is 6. The third-order valence-corrected chi connectivity index (χ3v) is 4.76.